The van der Waals surface area contributed by atoms with Gasteiger partial charge in [-0.15, -0.1) is 0 Å². The molecule has 0 spiro atoms. The lowest BCUT2D eigenvalue weighted by Gasteiger charge is -2.30. The van der Waals surface area contributed by atoms with E-state index in [1.54, 1.807) is 0 Å². The number of hydrogen-bond acceptors (Lipinski definition) is 2. The van der Waals surface area contributed by atoms with Crippen LogP contribution < -0.4 is 5.32 Å². The average molecular weight is 279 g/mol. The van der Waals surface area contributed by atoms with Crippen molar-refractivity contribution < 1.29 is 0 Å². The minimum atomic E-state index is 0.395. The first-order chi connectivity index (χ1) is 8.98. The molecule has 0 aliphatic rings. The Morgan fingerprint density at radius 3 is 2.00 bits per heavy atom. The van der Waals surface area contributed by atoms with E-state index >= 15 is 0 Å². The van der Waals surface area contributed by atoms with Crippen LogP contribution in [0.25, 0.3) is 0 Å². The maximum absolute atomic E-state index is 3.68. The molecule has 1 aromatic rings. The monoisotopic (exact) mass is 279 g/mol. The fourth-order valence-electron chi connectivity index (χ4n) is 2.76. The Morgan fingerprint density at radius 1 is 1.05 bits per heavy atom. The molecule has 0 aromatic heterocycles. The van der Waals surface area contributed by atoms with Gasteiger partial charge in [0.1, 0.15) is 0 Å². The molecule has 0 bridgehead atoms. The van der Waals surface area contributed by atoms with Crippen molar-refractivity contribution in [2.45, 2.75) is 58.8 Å². The topological polar surface area (TPSA) is 12.0 Å². The van der Waals surface area contributed by atoms with Gasteiger partial charge in [-0.1, -0.05) is 31.5 Å². The number of aryl methyl sites for hydroxylation is 3. The van der Waals surface area contributed by atoms with Crippen molar-refractivity contribution in [1.29, 1.82) is 0 Å². The zero-order valence-corrected chi connectivity index (χ0v) is 14.2. The van der Waals surface area contributed by atoms with Gasteiger partial charge in [0, 0.05) is 17.8 Å². The summed E-state index contributed by atoms with van der Waals surface area (Å²) in [6.07, 6.45) is 4.68. The molecule has 1 aromatic carbocycles. The maximum atomic E-state index is 3.68. The van der Waals surface area contributed by atoms with Gasteiger partial charge in [0.25, 0.3) is 0 Å². The Labute approximate surface area is 123 Å². The summed E-state index contributed by atoms with van der Waals surface area (Å²) in [6, 6.07) is 4.57. The quantitative estimate of drug-likeness (QED) is 0.781. The van der Waals surface area contributed by atoms with Gasteiger partial charge in [0.2, 0.25) is 0 Å². The maximum Gasteiger partial charge on any atom is 0.0276 e. The smallest absolute Gasteiger partial charge is 0.0276 e. The molecule has 2 heteroatoms. The molecule has 0 saturated heterocycles. The number of benzene rings is 1. The van der Waals surface area contributed by atoms with Crippen molar-refractivity contribution >= 4 is 11.8 Å². The molecule has 0 fully saturated rings. The highest BCUT2D eigenvalue weighted by atomic mass is 32.2. The van der Waals surface area contributed by atoms with Crippen LogP contribution in [-0.4, -0.2) is 17.5 Å². The fraction of sp³-hybridized carbons (Fsp3) is 0.647. The van der Waals surface area contributed by atoms with Crippen molar-refractivity contribution in [1.82, 2.24) is 5.32 Å². The number of nitrogens with one attached hydrogen (secondary N) is 1. The first-order valence-corrected chi connectivity index (χ1v) is 8.53. The predicted molar refractivity (Wildman–Crippen MR) is 89.2 cm³/mol. The predicted octanol–water partition coefficient (Wildman–Crippen LogP) is 4.62. The van der Waals surface area contributed by atoms with Crippen molar-refractivity contribution in [2.24, 2.45) is 0 Å². The largest absolute Gasteiger partial charge is 0.311 e. The van der Waals surface area contributed by atoms with E-state index in [2.05, 4.69) is 58.3 Å². The molecule has 0 aliphatic carbocycles. The first-order valence-electron chi connectivity index (χ1n) is 7.30. The van der Waals surface area contributed by atoms with Crippen LogP contribution in [0.3, 0.4) is 0 Å². The Balaban J connectivity index is 2.68. The van der Waals surface area contributed by atoms with Gasteiger partial charge in [0.05, 0.1) is 0 Å². The highest BCUT2D eigenvalue weighted by Gasteiger charge is 2.24. The zero-order valence-electron chi connectivity index (χ0n) is 13.4. The van der Waals surface area contributed by atoms with Crippen molar-refractivity contribution in [3.8, 4) is 0 Å². The van der Waals surface area contributed by atoms with E-state index in [0.717, 1.165) is 13.1 Å². The standard InChI is InChI=1S/C17H29NS/c1-7-17(8-2,19-6)12-18-11-16-14(4)9-13(3)10-15(16)5/h9-10,18H,7-8,11-12H2,1-6H3. The Hall–Kier alpha value is -0.470. The lowest BCUT2D eigenvalue weighted by molar-refractivity contribution is 0.494. The molecule has 1 rings (SSSR count). The minimum absolute atomic E-state index is 0.395. The van der Waals surface area contributed by atoms with Gasteiger partial charge in [-0.2, -0.15) is 11.8 Å². The van der Waals surface area contributed by atoms with Gasteiger partial charge in [-0.25, -0.2) is 0 Å². The number of hydrogen-bond donors (Lipinski definition) is 1. The summed E-state index contributed by atoms with van der Waals surface area (Å²) in [4.78, 5) is 0. The van der Waals surface area contributed by atoms with Crippen LogP contribution in [0.5, 0.6) is 0 Å². The molecule has 0 atom stereocenters. The minimum Gasteiger partial charge on any atom is -0.311 e. The van der Waals surface area contributed by atoms with Crippen molar-refractivity contribution in [3.63, 3.8) is 0 Å². The molecule has 1 N–H and O–H groups in total. The molecule has 0 heterocycles. The molecule has 0 aliphatic heterocycles. The van der Waals surface area contributed by atoms with Gasteiger partial charge >= 0.3 is 0 Å². The third-order valence-electron chi connectivity index (χ3n) is 4.31. The SMILES string of the molecule is CCC(CC)(CNCc1c(C)cc(C)cc1C)SC. The van der Waals surface area contributed by atoms with E-state index in [-0.39, 0.29) is 0 Å². The Morgan fingerprint density at radius 2 is 1.58 bits per heavy atom. The second-order valence-electron chi connectivity index (χ2n) is 5.58. The molecular weight excluding hydrogens is 250 g/mol. The summed E-state index contributed by atoms with van der Waals surface area (Å²) in [5.74, 6) is 0. The molecule has 0 radical (unpaired) electrons. The van der Waals surface area contributed by atoms with E-state index in [1.165, 1.54) is 35.1 Å². The van der Waals surface area contributed by atoms with Crippen LogP contribution in [0, 0.1) is 20.8 Å². The van der Waals surface area contributed by atoms with Gasteiger partial charge < -0.3 is 5.32 Å². The summed E-state index contributed by atoms with van der Waals surface area (Å²) >= 11 is 2.00. The summed E-state index contributed by atoms with van der Waals surface area (Å²) < 4.78 is 0.395. The van der Waals surface area contributed by atoms with Crippen LogP contribution >= 0.6 is 11.8 Å². The zero-order chi connectivity index (χ0) is 14.5. The molecule has 0 unspecified atom stereocenters. The molecule has 19 heavy (non-hydrogen) atoms. The van der Waals surface area contributed by atoms with E-state index < -0.39 is 0 Å². The summed E-state index contributed by atoms with van der Waals surface area (Å²) in [5.41, 5.74) is 5.65. The van der Waals surface area contributed by atoms with Crippen molar-refractivity contribution in [2.75, 3.05) is 12.8 Å². The van der Waals surface area contributed by atoms with E-state index in [1.807, 2.05) is 11.8 Å². The molecular formula is C17H29NS. The lowest BCUT2D eigenvalue weighted by atomic mass is 9.99. The molecule has 0 amide bonds. The fourth-order valence-corrected chi connectivity index (χ4v) is 3.59. The summed E-state index contributed by atoms with van der Waals surface area (Å²) in [7, 11) is 0. The number of rotatable bonds is 7. The summed E-state index contributed by atoms with van der Waals surface area (Å²) in [6.45, 7) is 13.3. The van der Waals surface area contributed by atoms with Gasteiger partial charge in [-0.05, 0) is 56.6 Å². The number of thioether (sulfide) groups is 1. The van der Waals surface area contributed by atoms with Crippen LogP contribution in [0.1, 0.15) is 48.9 Å². The van der Waals surface area contributed by atoms with Crippen LogP contribution in [0.15, 0.2) is 12.1 Å². The summed E-state index contributed by atoms with van der Waals surface area (Å²) in [5, 5.41) is 3.68. The van der Waals surface area contributed by atoms with E-state index in [9.17, 15) is 0 Å². The van der Waals surface area contributed by atoms with E-state index in [4.69, 9.17) is 0 Å². The Kier molecular flexibility index (Phi) is 6.41. The van der Waals surface area contributed by atoms with Gasteiger partial charge in [0.15, 0.2) is 0 Å². The van der Waals surface area contributed by atoms with E-state index in [0.29, 0.717) is 4.75 Å². The highest BCUT2D eigenvalue weighted by molar-refractivity contribution is 8.00. The lowest BCUT2D eigenvalue weighted by Crippen LogP contribution is -2.36. The van der Waals surface area contributed by atoms with Gasteiger partial charge in [-0.3, -0.25) is 0 Å². The molecule has 0 saturated carbocycles. The first kappa shape index (κ1) is 16.6. The molecule has 1 nitrogen and oxygen atoms in total. The average Bonchev–Trinajstić information content (AvgIpc) is 2.38. The third kappa shape index (κ3) is 4.25. The van der Waals surface area contributed by atoms with Crippen LogP contribution in [-0.2, 0) is 6.54 Å². The third-order valence-corrected chi connectivity index (χ3v) is 5.90. The normalized spacial score (nSPS) is 11.9. The second-order valence-corrected chi connectivity index (χ2v) is 6.85. The van der Waals surface area contributed by atoms with Crippen LogP contribution in [0.2, 0.25) is 0 Å². The highest BCUT2D eigenvalue weighted by Crippen LogP contribution is 2.29. The van der Waals surface area contributed by atoms with Crippen LogP contribution in [0.4, 0.5) is 0 Å². The van der Waals surface area contributed by atoms with Crippen molar-refractivity contribution in [3.05, 3.63) is 34.4 Å². The second kappa shape index (κ2) is 7.35. The Bertz CT molecular complexity index is 376. The molecule has 108 valence electrons.